The molecule has 0 aromatic rings. The van der Waals surface area contributed by atoms with Gasteiger partial charge in [0, 0.05) is 17.4 Å². The third-order valence-electron chi connectivity index (χ3n) is 12.1. The van der Waals surface area contributed by atoms with Gasteiger partial charge in [-0.2, -0.15) is 0 Å². The van der Waals surface area contributed by atoms with Crippen LogP contribution < -0.4 is 5.73 Å². The average molecular weight is 464 g/mol. The zero-order valence-corrected chi connectivity index (χ0v) is 23.3. The lowest BCUT2D eigenvalue weighted by Crippen LogP contribution is -2.58. The molecule has 0 amide bonds. The van der Waals surface area contributed by atoms with Crippen LogP contribution in [0.3, 0.4) is 0 Å². The Morgan fingerprint density at radius 1 is 1.03 bits per heavy atom. The van der Waals surface area contributed by atoms with E-state index in [1.54, 1.807) is 5.57 Å². The monoisotopic (exact) mass is 463 g/mol. The molecule has 1 nitrogen and oxygen atoms in total. The van der Waals surface area contributed by atoms with Crippen molar-refractivity contribution in [1.29, 1.82) is 0 Å². The minimum Gasteiger partial charge on any atom is -0.330 e. The lowest BCUT2D eigenvalue weighted by atomic mass is 9.40. The number of nitrogens with two attached hydrogens (primary N) is 1. The van der Waals surface area contributed by atoms with Gasteiger partial charge in [0.1, 0.15) is 0 Å². The third-order valence-corrected chi connectivity index (χ3v) is 12.1. The predicted octanol–water partition coefficient (Wildman–Crippen LogP) is 8.88. The molecule has 8 unspecified atom stereocenters. The molecule has 0 saturated heterocycles. The van der Waals surface area contributed by atoms with E-state index in [0.717, 1.165) is 18.9 Å². The van der Waals surface area contributed by atoms with E-state index >= 15 is 0 Å². The fraction of sp³-hybridized carbons (Fsp3) is 0.758. The summed E-state index contributed by atoms with van der Waals surface area (Å²) in [6, 6.07) is 0. The number of allylic oxidation sites excluding steroid dienone is 5. The lowest BCUT2D eigenvalue weighted by Gasteiger charge is -2.64. The Morgan fingerprint density at radius 3 is 2.38 bits per heavy atom. The van der Waals surface area contributed by atoms with Crippen LogP contribution in [0.15, 0.2) is 49.1 Å². The summed E-state index contributed by atoms with van der Waals surface area (Å²) < 4.78 is 0. The zero-order chi connectivity index (χ0) is 25.0. The molecule has 0 bridgehead atoms. The van der Waals surface area contributed by atoms with Crippen LogP contribution in [0, 0.1) is 50.7 Å². The molecule has 3 fully saturated rings. The van der Waals surface area contributed by atoms with Crippen LogP contribution in [0.25, 0.3) is 0 Å². The van der Waals surface area contributed by atoms with Crippen molar-refractivity contribution in [1.82, 2.24) is 0 Å². The topological polar surface area (TPSA) is 26.0 Å². The maximum atomic E-state index is 6.90. The van der Waals surface area contributed by atoms with Gasteiger partial charge in [0.05, 0.1) is 0 Å². The summed E-state index contributed by atoms with van der Waals surface area (Å²) in [5, 5.41) is 0. The highest BCUT2D eigenvalue weighted by atomic mass is 14.7. The van der Waals surface area contributed by atoms with Gasteiger partial charge in [0.25, 0.3) is 0 Å². The molecule has 8 atom stereocenters. The highest BCUT2D eigenvalue weighted by molar-refractivity contribution is 5.39. The van der Waals surface area contributed by atoms with Gasteiger partial charge in [-0.15, -0.1) is 6.58 Å². The van der Waals surface area contributed by atoms with Gasteiger partial charge in [-0.1, -0.05) is 90.5 Å². The molecule has 4 aliphatic carbocycles. The molecule has 0 aliphatic heterocycles. The van der Waals surface area contributed by atoms with Gasteiger partial charge in [-0.25, -0.2) is 0 Å². The van der Waals surface area contributed by atoms with Gasteiger partial charge in [-0.3, -0.25) is 0 Å². The normalized spacial score (nSPS) is 49.2. The Balaban J connectivity index is 1.79. The number of hydrogen-bond donors (Lipinski definition) is 1. The van der Waals surface area contributed by atoms with Crippen LogP contribution in [0.1, 0.15) is 99.3 Å². The second-order valence-corrected chi connectivity index (χ2v) is 14.1. The van der Waals surface area contributed by atoms with Crippen molar-refractivity contribution in [2.24, 2.45) is 56.5 Å². The Kier molecular flexibility index (Phi) is 6.72. The zero-order valence-electron chi connectivity index (χ0n) is 23.3. The minimum atomic E-state index is 0.0256. The van der Waals surface area contributed by atoms with Gasteiger partial charge in [0.15, 0.2) is 0 Å². The van der Waals surface area contributed by atoms with E-state index < -0.39 is 0 Å². The van der Waals surface area contributed by atoms with E-state index in [1.165, 1.54) is 51.4 Å². The predicted molar refractivity (Wildman–Crippen MR) is 148 cm³/mol. The quantitative estimate of drug-likeness (QED) is 0.405. The molecule has 4 aliphatic rings. The van der Waals surface area contributed by atoms with E-state index in [-0.39, 0.29) is 16.2 Å². The number of rotatable bonds is 5. The fourth-order valence-corrected chi connectivity index (χ4v) is 10.0. The molecule has 1 heteroatoms. The van der Waals surface area contributed by atoms with Crippen LogP contribution >= 0.6 is 0 Å². The lowest BCUT2D eigenvalue weighted by molar-refractivity contribution is -0.101. The second kappa shape index (κ2) is 8.79. The molecule has 0 aromatic carbocycles. The van der Waals surface area contributed by atoms with Crippen molar-refractivity contribution in [2.45, 2.75) is 99.3 Å². The first-order valence-corrected chi connectivity index (χ1v) is 14.3. The van der Waals surface area contributed by atoms with Crippen LogP contribution in [0.4, 0.5) is 0 Å². The van der Waals surface area contributed by atoms with Gasteiger partial charge >= 0.3 is 0 Å². The van der Waals surface area contributed by atoms with E-state index in [9.17, 15) is 0 Å². The van der Waals surface area contributed by atoms with Crippen LogP contribution in [-0.4, -0.2) is 6.54 Å². The highest BCUT2D eigenvalue weighted by Gasteiger charge is 2.61. The van der Waals surface area contributed by atoms with E-state index in [0.29, 0.717) is 28.6 Å². The summed E-state index contributed by atoms with van der Waals surface area (Å²) in [5.74, 6) is 2.77. The summed E-state index contributed by atoms with van der Waals surface area (Å²) in [6.07, 6.45) is 23.5. The third kappa shape index (κ3) is 3.66. The Hall–Kier alpha value is -1.08. The summed E-state index contributed by atoms with van der Waals surface area (Å²) in [4.78, 5) is 0. The molecule has 4 rings (SSSR count). The molecule has 2 N–H and O–H groups in total. The molecule has 0 spiro atoms. The molecule has 0 aromatic heterocycles. The van der Waals surface area contributed by atoms with E-state index in [4.69, 9.17) is 5.73 Å². The number of hydrogen-bond acceptors (Lipinski definition) is 1. The maximum Gasteiger partial charge on any atom is 0.0108 e. The van der Waals surface area contributed by atoms with E-state index in [2.05, 4.69) is 85.1 Å². The summed E-state index contributed by atoms with van der Waals surface area (Å²) in [5.41, 5.74) is 9.74. The SMILES string of the molecule is C=C/C=C1/C2(C)C=CCC(C)(C=C)C2CCC1(CN)C1CCC2(CC)CCC(C)(C)CC2C1C. The Morgan fingerprint density at radius 2 is 1.76 bits per heavy atom. The molecule has 0 radical (unpaired) electrons. The second-order valence-electron chi connectivity index (χ2n) is 14.1. The van der Waals surface area contributed by atoms with Crippen molar-refractivity contribution in [3.8, 4) is 0 Å². The first-order valence-electron chi connectivity index (χ1n) is 14.3. The molecule has 3 saturated carbocycles. The molecular formula is C33H53N. The van der Waals surface area contributed by atoms with E-state index in [1.807, 2.05) is 0 Å². The molecular weight excluding hydrogens is 410 g/mol. The summed E-state index contributed by atoms with van der Waals surface area (Å²) in [6.45, 7) is 24.3. The van der Waals surface area contributed by atoms with Crippen molar-refractivity contribution < 1.29 is 0 Å². The van der Waals surface area contributed by atoms with Gasteiger partial charge in [0.2, 0.25) is 0 Å². The Bertz CT molecular complexity index is 862. The molecule has 0 heterocycles. The van der Waals surface area contributed by atoms with Crippen molar-refractivity contribution >= 4 is 0 Å². The van der Waals surface area contributed by atoms with Gasteiger partial charge < -0.3 is 5.73 Å². The summed E-state index contributed by atoms with van der Waals surface area (Å²) in [7, 11) is 0. The first-order chi connectivity index (χ1) is 16.0. The van der Waals surface area contributed by atoms with Gasteiger partial charge in [-0.05, 0) is 91.3 Å². The standard InChI is InChI=1S/C33H53N/c1-9-13-28-31(8)17-12-16-30(7,10-2)27(31)15-19-33(28,23-34)25-14-18-32(11-3)21-20-29(5,6)22-26(32)24(25)4/h9-10,12-13,17,24-27H,1-2,11,14-16,18-23,34H2,3-8H3/b28-13-. The summed E-state index contributed by atoms with van der Waals surface area (Å²) >= 11 is 0. The van der Waals surface area contributed by atoms with Crippen molar-refractivity contribution in [3.05, 3.63) is 49.1 Å². The van der Waals surface area contributed by atoms with Crippen LogP contribution in [0.2, 0.25) is 0 Å². The minimum absolute atomic E-state index is 0.0256. The smallest absolute Gasteiger partial charge is 0.0108 e. The molecule has 190 valence electrons. The largest absolute Gasteiger partial charge is 0.330 e. The highest BCUT2D eigenvalue weighted by Crippen LogP contribution is 2.69. The fourth-order valence-electron chi connectivity index (χ4n) is 10.0. The first kappa shape index (κ1) is 26.0. The van der Waals surface area contributed by atoms with Crippen LogP contribution in [0.5, 0.6) is 0 Å². The van der Waals surface area contributed by atoms with Crippen molar-refractivity contribution in [2.75, 3.05) is 6.54 Å². The molecule has 34 heavy (non-hydrogen) atoms. The Labute approximate surface area is 211 Å². The number of fused-ring (bicyclic) bond motifs is 2. The van der Waals surface area contributed by atoms with Crippen molar-refractivity contribution in [3.63, 3.8) is 0 Å². The maximum absolute atomic E-state index is 6.90. The van der Waals surface area contributed by atoms with Crippen LogP contribution in [-0.2, 0) is 0 Å². The average Bonchev–Trinajstić information content (AvgIpc) is 2.81.